The summed E-state index contributed by atoms with van der Waals surface area (Å²) >= 11 is 7.09. The number of hydrogen-bond acceptors (Lipinski definition) is 5. The molecule has 3 aromatic carbocycles. The smallest absolute Gasteiger partial charge is 0.223 e. The number of rotatable bonds is 4. The van der Waals surface area contributed by atoms with E-state index in [2.05, 4.69) is 16.4 Å². The fourth-order valence-electron chi connectivity index (χ4n) is 3.30. The van der Waals surface area contributed by atoms with Crippen molar-refractivity contribution in [1.82, 2.24) is 5.32 Å². The number of nitrogens with zero attached hydrogens (tertiary/aromatic N) is 2. The predicted octanol–water partition coefficient (Wildman–Crippen LogP) is 5.59. The molecule has 0 spiro atoms. The summed E-state index contributed by atoms with van der Waals surface area (Å²) in [5.41, 5.74) is -0.422. The summed E-state index contributed by atoms with van der Waals surface area (Å²) in [6, 6.07) is 21.4. The van der Waals surface area contributed by atoms with Crippen molar-refractivity contribution in [1.29, 1.82) is 5.26 Å². The Bertz CT molecular complexity index is 1260. The van der Waals surface area contributed by atoms with Gasteiger partial charge in [-0.15, -0.1) is 0 Å². The maximum atomic E-state index is 14.1. The Kier molecular flexibility index (Phi) is 6.28. The average molecular weight is 468 g/mol. The van der Waals surface area contributed by atoms with Crippen molar-refractivity contribution in [3.05, 3.63) is 112 Å². The summed E-state index contributed by atoms with van der Waals surface area (Å²) in [5, 5.41) is 25.4. The number of nitrogens with one attached hydrogen (secondary N) is 1. The standard InChI is InChI=1S/C24H16ClF2N3OS/c25-18-11-9-15(10-12-18)22-19(13-28)24(31,17-6-2-1-3-7-17)30-23(29-22)32-14-16-5-4-8-20(26)21(16)27/h1-12,31H,14H2,(H,29,30). The first-order valence-corrected chi connectivity index (χ1v) is 10.9. The first kappa shape index (κ1) is 22.0. The summed E-state index contributed by atoms with van der Waals surface area (Å²) in [6.07, 6.45) is 0. The second-order valence-corrected chi connectivity index (χ2v) is 8.35. The number of aliphatic imine (C=N–C) groups is 1. The maximum Gasteiger partial charge on any atom is 0.223 e. The first-order valence-electron chi connectivity index (χ1n) is 9.53. The molecule has 0 saturated heterocycles. The van der Waals surface area contributed by atoms with Crippen molar-refractivity contribution in [3.8, 4) is 6.07 Å². The third-order valence-electron chi connectivity index (χ3n) is 4.91. The van der Waals surface area contributed by atoms with Crippen LogP contribution in [0.5, 0.6) is 0 Å². The topological polar surface area (TPSA) is 68.4 Å². The van der Waals surface area contributed by atoms with Crippen LogP contribution in [0.1, 0.15) is 16.7 Å². The monoisotopic (exact) mass is 467 g/mol. The van der Waals surface area contributed by atoms with E-state index in [9.17, 15) is 19.1 Å². The molecule has 32 heavy (non-hydrogen) atoms. The lowest BCUT2D eigenvalue weighted by Gasteiger charge is -2.32. The maximum absolute atomic E-state index is 14.1. The number of hydrogen-bond donors (Lipinski definition) is 2. The molecule has 160 valence electrons. The Hall–Kier alpha value is -3.18. The molecule has 1 atom stereocenters. The quantitative estimate of drug-likeness (QED) is 0.524. The van der Waals surface area contributed by atoms with Crippen LogP contribution in [0.2, 0.25) is 5.02 Å². The van der Waals surface area contributed by atoms with Crippen LogP contribution >= 0.6 is 23.4 Å². The van der Waals surface area contributed by atoms with E-state index < -0.39 is 17.4 Å². The van der Waals surface area contributed by atoms with E-state index in [0.717, 1.165) is 17.8 Å². The molecule has 0 saturated carbocycles. The lowest BCUT2D eigenvalue weighted by atomic mass is 9.91. The summed E-state index contributed by atoms with van der Waals surface area (Å²) in [6.45, 7) is 0. The van der Waals surface area contributed by atoms with Crippen molar-refractivity contribution >= 4 is 34.2 Å². The summed E-state index contributed by atoms with van der Waals surface area (Å²) in [7, 11) is 0. The molecule has 4 rings (SSSR count). The molecule has 0 bridgehead atoms. The third-order valence-corrected chi connectivity index (χ3v) is 6.08. The van der Waals surface area contributed by atoms with Crippen LogP contribution in [0.15, 0.2) is 83.4 Å². The van der Waals surface area contributed by atoms with E-state index >= 15 is 0 Å². The Labute approximate surface area is 192 Å². The van der Waals surface area contributed by atoms with Gasteiger partial charge in [0.15, 0.2) is 16.8 Å². The zero-order valence-electron chi connectivity index (χ0n) is 16.5. The highest BCUT2D eigenvalue weighted by molar-refractivity contribution is 8.13. The number of amidine groups is 1. The van der Waals surface area contributed by atoms with Gasteiger partial charge in [-0.25, -0.2) is 13.8 Å². The number of aliphatic hydroxyl groups is 1. The first-order chi connectivity index (χ1) is 15.4. The molecular formula is C24H16ClF2N3OS. The molecule has 2 N–H and O–H groups in total. The normalized spacial score (nSPS) is 18.0. The lowest BCUT2D eigenvalue weighted by molar-refractivity contribution is 0.0905. The molecule has 1 aliphatic heterocycles. The molecular weight excluding hydrogens is 452 g/mol. The fraction of sp³-hybridized carbons (Fsp3) is 0.0833. The molecule has 1 aliphatic rings. The molecule has 8 heteroatoms. The molecule has 0 fully saturated rings. The van der Waals surface area contributed by atoms with Gasteiger partial charge in [0.05, 0.1) is 5.70 Å². The zero-order valence-corrected chi connectivity index (χ0v) is 18.1. The Morgan fingerprint density at radius 2 is 1.75 bits per heavy atom. The minimum atomic E-state index is -1.96. The van der Waals surface area contributed by atoms with Crippen LogP contribution in [0, 0.1) is 23.0 Å². The summed E-state index contributed by atoms with van der Waals surface area (Å²) in [5.74, 6) is -1.80. The summed E-state index contributed by atoms with van der Waals surface area (Å²) < 4.78 is 27.7. The molecule has 1 unspecified atom stereocenters. The van der Waals surface area contributed by atoms with Crippen LogP contribution < -0.4 is 5.32 Å². The number of nitriles is 1. The van der Waals surface area contributed by atoms with Crippen LogP contribution in [-0.4, -0.2) is 10.3 Å². The summed E-state index contributed by atoms with van der Waals surface area (Å²) in [4.78, 5) is 4.40. The number of halogens is 3. The van der Waals surface area contributed by atoms with E-state index in [1.54, 1.807) is 54.6 Å². The van der Waals surface area contributed by atoms with Crippen LogP contribution in [0.25, 0.3) is 5.70 Å². The van der Waals surface area contributed by atoms with Gasteiger partial charge in [-0.3, -0.25) is 0 Å². The predicted molar refractivity (Wildman–Crippen MR) is 123 cm³/mol. The minimum Gasteiger partial charge on any atom is -0.361 e. The van der Waals surface area contributed by atoms with Gasteiger partial charge in [0.25, 0.3) is 0 Å². The van der Waals surface area contributed by atoms with E-state index in [0.29, 0.717) is 21.8 Å². The second-order valence-electron chi connectivity index (χ2n) is 6.95. The van der Waals surface area contributed by atoms with Gasteiger partial charge >= 0.3 is 0 Å². The lowest BCUT2D eigenvalue weighted by Crippen LogP contribution is -2.37. The molecule has 3 aromatic rings. The Balaban J connectivity index is 1.77. The SMILES string of the molecule is N#CC1=C(c2ccc(Cl)cc2)NC(SCc2cccc(F)c2F)=NC1(O)c1ccccc1. The Morgan fingerprint density at radius 3 is 2.44 bits per heavy atom. The Morgan fingerprint density at radius 1 is 1.03 bits per heavy atom. The second kappa shape index (κ2) is 9.13. The third kappa shape index (κ3) is 4.26. The molecule has 1 heterocycles. The fourth-order valence-corrected chi connectivity index (χ4v) is 4.31. The molecule has 0 radical (unpaired) electrons. The highest BCUT2D eigenvalue weighted by atomic mass is 35.5. The van der Waals surface area contributed by atoms with E-state index in [1.807, 2.05) is 0 Å². The van der Waals surface area contributed by atoms with Gasteiger partial charge in [-0.2, -0.15) is 5.26 Å². The van der Waals surface area contributed by atoms with Crippen LogP contribution in [0.3, 0.4) is 0 Å². The largest absolute Gasteiger partial charge is 0.361 e. The van der Waals surface area contributed by atoms with Gasteiger partial charge in [0, 0.05) is 21.9 Å². The molecule has 0 aliphatic carbocycles. The molecule has 0 aromatic heterocycles. The van der Waals surface area contributed by atoms with E-state index in [4.69, 9.17) is 11.6 Å². The van der Waals surface area contributed by atoms with E-state index in [1.165, 1.54) is 12.1 Å². The molecule has 4 nitrogen and oxygen atoms in total. The minimum absolute atomic E-state index is 0.00677. The average Bonchev–Trinajstić information content (AvgIpc) is 2.81. The van der Waals surface area contributed by atoms with Crippen molar-refractivity contribution < 1.29 is 13.9 Å². The van der Waals surface area contributed by atoms with Gasteiger partial charge in [0.2, 0.25) is 5.72 Å². The van der Waals surface area contributed by atoms with Crippen molar-refractivity contribution in [2.24, 2.45) is 4.99 Å². The van der Waals surface area contributed by atoms with Gasteiger partial charge in [0.1, 0.15) is 11.6 Å². The number of thioether (sulfide) groups is 1. The van der Waals surface area contributed by atoms with Crippen molar-refractivity contribution in [2.45, 2.75) is 11.5 Å². The highest BCUT2D eigenvalue weighted by Crippen LogP contribution is 2.39. The van der Waals surface area contributed by atoms with Gasteiger partial charge in [-0.1, -0.05) is 78.0 Å². The van der Waals surface area contributed by atoms with Crippen molar-refractivity contribution in [2.75, 3.05) is 0 Å². The van der Waals surface area contributed by atoms with Crippen LogP contribution in [-0.2, 0) is 11.5 Å². The van der Waals surface area contributed by atoms with E-state index in [-0.39, 0.29) is 22.1 Å². The number of benzene rings is 3. The van der Waals surface area contributed by atoms with Crippen molar-refractivity contribution in [3.63, 3.8) is 0 Å². The van der Waals surface area contributed by atoms with Gasteiger partial charge in [-0.05, 0) is 23.8 Å². The van der Waals surface area contributed by atoms with Crippen LogP contribution in [0.4, 0.5) is 8.78 Å². The highest BCUT2D eigenvalue weighted by Gasteiger charge is 2.40. The van der Waals surface area contributed by atoms with Gasteiger partial charge < -0.3 is 10.4 Å². The molecule has 0 amide bonds. The zero-order chi connectivity index (χ0) is 22.7.